The molecule has 5 heteroatoms. The van der Waals surface area contributed by atoms with Gasteiger partial charge >= 0.3 is 0 Å². The molecule has 2 rings (SSSR count). The highest BCUT2D eigenvalue weighted by atomic mass is 16.5. The van der Waals surface area contributed by atoms with Gasteiger partial charge in [-0.25, -0.2) is 0 Å². The molecule has 2 aromatic carbocycles. The minimum atomic E-state index is -1.17. The van der Waals surface area contributed by atoms with Crippen LogP contribution in [0.4, 0.5) is 5.69 Å². The average Bonchev–Trinajstić information content (AvgIpc) is 2.53. The zero-order valence-electron chi connectivity index (χ0n) is 12.8. The molecule has 0 aliphatic rings. The van der Waals surface area contributed by atoms with E-state index in [1.54, 1.807) is 27.2 Å². The first kappa shape index (κ1) is 15.7. The van der Waals surface area contributed by atoms with Crippen molar-refractivity contribution >= 4 is 11.7 Å². The predicted molar refractivity (Wildman–Crippen MR) is 82.4 cm³/mol. The van der Waals surface area contributed by atoms with Crippen LogP contribution in [0.25, 0.3) is 0 Å². The van der Waals surface area contributed by atoms with Gasteiger partial charge in [-0.1, -0.05) is 18.2 Å². The summed E-state index contributed by atoms with van der Waals surface area (Å²) in [6.45, 7) is 2.29. The van der Waals surface area contributed by atoms with E-state index in [4.69, 9.17) is 9.47 Å². The second-order valence-electron chi connectivity index (χ2n) is 4.81. The molecule has 0 aromatic heterocycles. The van der Waals surface area contributed by atoms with Gasteiger partial charge in [-0.15, -0.1) is 0 Å². The fourth-order valence-electron chi connectivity index (χ4n) is 2.24. The third-order valence-corrected chi connectivity index (χ3v) is 3.48. The zero-order chi connectivity index (χ0) is 16.1. The SMILES string of the molecule is COc1ccc(CNc2cccc(C(=O)[O-])c2C)cc1OC. The number of carbonyl (C=O) groups excluding carboxylic acids is 1. The molecule has 0 heterocycles. The summed E-state index contributed by atoms with van der Waals surface area (Å²) in [5, 5.41) is 14.3. The summed E-state index contributed by atoms with van der Waals surface area (Å²) < 4.78 is 10.5. The Balaban J connectivity index is 2.17. The molecule has 0 saturated carbocycles. The van der Waals surface area contributed by atoms with Crippen molar-refractivity contribution in [3.05, 3.63) is 53.1 Å². The largest absolute Gasteiger partial charge is 0.545 e. The van der Waals surface area contributed by atoms with Crippen molar-refractivity contribution in [2.75, 3.05) is 19.5 Å². The predicted octanol–water partition coefficient (Wildman–Crippen LogP) is 1.99. The number of aromatic carboxylic acids is 1. The van der Waals surface area contributed by atoms with Crippen LogP contribution in [0.15, 0.2) is 36.4 Å². The molecule has 1 N–H and O–H groups in total. The fraction of sp³-hybridized carbons (Fsp3) is 0.235. The highest BCUT2D eigenvalue weighted by Crippen LogP contribution is 2.28. The van der Waals surface area contributed by atoms with Crippen LogP contribution in [0.5, 0.6) is 11.5 Å². The second kappa shape index (κ2) is 6.85. The van der Waals surface area contributed by atoms with Crippen LogP contribution in [0.3, 0.4) is 0 Å². The molecule has 0 spiro atoms. The summed E-state index contributed by atoms with van der Waals surface area (Å²) >= 11 is 0. The lowest BCUT2D eigenvalue weighted by Crippen LogP contribution is -2.23. The standard InChI is InChI=1S/C17H19NO4/c1-11-13(17(19)20)5-4-6-14(11)18-10-12-7-8-15(21-2)16(9-12)22-3/h4-9,18H,10H2,1-3H3,(H,19,20)/p-1. The number of carboxylic acid groups (broad SMARTS) is 1. The number of rotatable bonds is 6. The summed E-state index contributed by atoms with van der Waals surface area (Å²) in [7, 11) is 3.17. The summed E-state index contributed by atoms with van der Waals surface area (Å²) in [5.74, 6) is 0.149. The van der Waals surface area contributed by atoms with Gasteiger partial charge < -0.3 is 24.7 Å². The Morgan fingerprint density at radius 2 is 1.86 bits per heavy atom. The number of hydrogen-bond acceptors (Lipinski definition) is 5. The number of ether oxygens (including phenoxy) is 2. The van der Waals surface area contributed by atoms with Crippen LogP contribution >= 0.6 is 0 Å². The molecule has 0 saturated heterocycles. The minimum Gasteiger partial charge on any atom is -0.545 e. The van der Waals surface area contributed by atoms with E-state index in [1.165, 1.54) is 6.07 Å². The van der Waals surface area contributed by atoms with E-state index in [0.29, 0.717) is 23.6 Å². The van der Waals surface area contributed by atoms with Gasteiger partial charge in [0.1, 0.15) is 0 Å². The van der Waals surface area contributed by atoms with Crippen LogP contribution in [0.1, 0.15) is 21.5 Å². The monoisotopic (exact) mass is 300 g/mol. The van der Waals surface area contributed by atoms with E-state index >= 15 is 0 Å². The smallest absolute Gasteiger partial charge is 0.161 e. The Morgan fingerprint density at radius 3 is 2.50 bits per heavy atom. The molecule has 2 aromatic rings. The first-order chi connectivity index (χ1) is 10.6. The van der Waals surface area contributed by atoms with Gasteiger partial charge in [-0.05, 0) is 36.2 Å². The first-order valence-corrected chi connectivity index (χ1v) is 6.82. The second-order valence-corrected chi connectivity index (χ2v) is 4.81. The van der Waals surface area contributed by atoms with E-state index in [2.05, 4.69) is 5.32 Å². The zero-order valence-corrected chi connectivity index (χ0v) is 12.8. The molecule has 0 amide bonds. The highest BCUT2D eigenvalue weighted by molar-refractivity contribution is 5.89. The lowest BCUT2D eigenvalue weighted by molar-refractivity contribution is -0.255. The van der Waals surface area contributed by atoms with Gasteiger partial charge in [0.2, 0.25) is 0 Å². The Kier molecular flexibility index (Phi) is 4.88. The lowest BCUT2D eigenvalue weighted by Gasteiger charge is -2.15. The topological polar surface area (TPSA) is 70.6 Å². The molecule has 0 unspecified atom stereocenters. The van der Waals surface area contributed by atoms with Crippen LogP contribution in [0.2, 0.25) is 0 Å². The van der Waals surface area contributed by atoms with E-state index in [1.807, 2.05) is 24.3 Å². The number of carboxylic acids is 1. The van der Waals surface area contributed by atoms with Crippen molar-refractivity contribution in [3.8, 4) is 11.5 Å². The lowest BCUT2D eigenvalue weighted by atomic mass is 10.1. The van der Waals surface area contributed by atoms with Crippen LogP contribution in [0, 0.1) is 6.92 Å². The van der Waals surface area contributed by atoms with Gasteiger partial charge in [0.25, 0.3) is 0 Å². The highest BCUT2D eigenvalue weighted by Gasteiger charge is 2.07. The van der Waals surface area contributed by atoms with Gasteiger partial charge in [0.05, 0.1) is 20.2 Å². The summed E-state index contributed by atoms with van der Waals surface area (Å²) in [6.07, 6.45) is 0. The Hall–Kier alpha value is -2.69. The van der Waals surface area contributed by atoms with E-state index in [-0.39, 0.29) is 5.56 Å². The maximum absolute atomic E-state index is 11.0. The normalized spacial score (nSPS) is 10.1. The molecule has 5 nitrogen and oxygen atoms in total. The molecule has 0 aliphatic carbocycles. The molecule has 0 aliphatic heterocycles. The summed E-state index contributed by atoms with van der Waals surface area (Å²) in [5.41, 5.74) is 2.60. The third-order valence-electron chi connectivity index (χ3n) is 3.48. The Labute approximate surface area is 129 Å². The number of carbonyl (C=O) groups is 1. The molecule has 116 valence electrons. The van der Waals surface area contributed by atoms with Crippen molar-refractivity contribution < 1.29 is 19.4 Å². The van der Waals surface area contributed by atoms with Crippen LogP contribution < -0.4 is 19.9 Å². The maximum Gasteiger partial charge on any atom is 0.161 e. The van der Waals surface area contributed by atoms with Crippen LogP contribution in [-0.2, 0) is 6.54 Å². The van der Waals surface area contributed by atoms with Crippen molar-refractivity contribution in [1.82, 2.24) is 0 Å². The van der Waals surface area contributed by atoms with Crippen LogP contribution in [-0.4, -0.2) is 20.2 Å². The molecular weight excluding hydrogens is 282 g/mol. The van der Waals surface area contributed by atoms with E-state index in [9.17, 15) is 9.90 Å². The maximum atomic E-state index is 11.0. The number of hydrogen-bond donors (Lipinski definition) is 1. The quantitative estimate of drug-likeness (QED) is 0.883. The number of anilines is 1. The van der Waals surface area contributed by atoms with Crippen molar-refractivity contribution in [2.24, 2.45) is 0 Å². The summed E-state index contributed by atoms with van der Waals surface area (Å²) in [6, 6.07) is 10.7. The fourth-order valence-corrected chi connectivity index (χ4v) is 2.24. The van der Waals surface area contributed by atoms with Crippen molar-refractivity contribution in [2.45, 2.75) is 13.5 Å². The third kappa shape index (κ3) is 3.31. The number of benzene rings is 2. The molecule has 0 bridgehead atoms. The molecular formula is C17H18NO4-. The molecule has 0 fully saturated rings. The minimum absolute atomic E-state index is 0.192. The number of methoxy groups -OCH3 is 2. The Bertz CT molecular complexity index is 682. The van der Waals surface area contributed by atoms with Crippen molar-refractivity contribution in [3.63, 3.8) is 0 Å². The first-order valence-electron chi connectivity index (χ1n) is 6.82. The Morgan fingerprint density at radius 1 is 1.14 bits per heavy atom. The van der Waals surface area contributed by atoms with Gasteiger partial charge in [0.15, 0.2) is 11.5 Å². The van der Waals surface area contributed by atoms with Gasteiger partial charge in [0, 0.05) is 17.8 Å². The van der Waals surface area contributed by atoms with E-state index < -0.39 is 5.97 Å². The van der Waals surface area contributed by atoms with Crippen molar-refractivity contribution in [1.29, 1.82) is 0 Å². The van der Waals surface area contributed by atoms with Gasteiger partial charge in [-0.3, -0.25) is 0 Å². The van der Waals surface area contributed by atoms with Gasteiger partial charge in [-0.2, -0.15) is 0 Å². The average molecular weight is 300 g/mol. The summed E-state index contributed by atoms with van der Waals surface area (Å²) in [4.78, 5) is 11.0. The van der Waals surface area contributed by atoms with E-state index in [0.717, 1.165) is 11.3 Å². The molecule has 22 heavy (non-hydrogen) atoms. The molecule has 0 radical (unpaired) electrons. The molecule has 0 atom stereocenters. The number of nitrogens with one attached hydrogen (secondary N) is 1.